The molecule has 2 rings (SSSR count). The summed E-state index contributed by atoms with van der Waals surface area (Å²) in [5, 5.41) is 19.6. The van der Waals surface area contributed by atoms with Crippen molar-refractivity contribution in [1.82, 2.24) is 14.8 Å². The van der Waals surface area contributed by atoms with Crippen LogP contribution in [0.2, 0.25) is 5.02 Å². The lowest BCUT2D eigenvalue weighted by Gasteiger charge is -2.12. The van der Waals surface area contributed by atoms with Gasteiger partial charge in [0.2, 0.25) is 0 Å². The largest absolute Gasteiger partial charge is 0.310 e. The van der Waals surface area contributed by atoms with Crippen molar-refractivity contribution in [2.45, 2.75) is 26.3 Å². The van der Waals surface area contributed by atoms with Gasteiger partial charge in [-0.1, -0.05) is 25.4 Å². The molecule has 0 atom stereocenters. The maximum absolute atomic E-state index is 11.2. The lowest BCUT2D eigenvalue weighted by Crippen LogP contribution is -2.10. The molecule has 0 spiro atoms. The Kier molecular flexibility index (Phi) is 4.80. The Bertz CT molecular complexity index is 670. The zero-order valence-electron chi connectivity index (χ0n) is 11.6. The average Bonchev–Trinajstić information content (AvgIpc) is 2.80. The van der Waals surface area contributed by atoms with Crippen LogP contribution in [0.15, 0.2) is 18.2 Å². The van der Waals surface area contributed by atoms with E-state index >= 15 is 0 Å². The number of aromatic nitrogens is 3. The van der Waals surface area contributed by atoms with Gasteiger partial charge in [-0.15, -0.1) is 21.8 Å². The summed E-state index contributed by atoms with van der Waals surface area (Å²) < 4.78 is 1.81. The Morgan fingerprint density at radius 2 is 2.10 bits per heavy atom. The summed E-state index contributed by atoms with van der Waals surface area (Å²) in [6, 6.07) is 4.49. The van der Waals surface area contributed by atoms with Crippen LogP contribution in [0.1, 0.15) is 19.7 Å². The average molecular weight is 329 g/mol. The molecule has 0 aliphatic carbocycles. The first-order chi connectivity index (χ1) is 9.93. The minimum absolute atomic E-state index is 0.0963. The summed E-state index contributed by atoms with van der Waals surface area (Å²) in [5.74, 6) is 1.54. The van der Waals surface area contributed by atoms with Crippen LogP contribution in [0.3, 0.4) is 0 Å². The van der Waals surface area contributed by atoms with E-state index in [-0.39, 0.29) is 11.6 Å². The SMILES string of the molecule is CC(C)Cn1c(CCl)nnc1-c1ccc(Cl)cc1[N+](=O)[O-]. The van der Waals surface area contributed by atoms with E-state index < -0.39 is 4.92 Å². The van der Waals surface area contributed by atoms with E-state index in [1.165, 1.54) is 6.07 Å². The van der Waals surface area contributed by atoms with E-state index in [9.17, 15) is 10.1 Å². The molecule has 0 saturated carbocycles. The summed E-state index contributed by atoms with van der Waals surface area (Å²) in [7, 11) is 0. The lowest BCUT2D eigenvalue weighted by atomic mass is 10.1. The van der Waals surface area contributed by atoms with Crippen LogP contribution < -0.4 is 0 Å². The predicted molar refractivity (Wildman–Crippen MR) is 81.5 cm³/mol. The van der Waals surface area contributed by atoms with Crippen molar-refractivity contribution < 1.29 is 4.92 Å². The fourth-order valence-corrected chi connectivity index (χ4v) is 2.40. The first-order valence-corrected chi connectivity index (χ1v) is 7.27. The summed E-state index contributed by atoms with van der Waals surface area (Å²) in [5.41, 5.74) is 0.287. The van der Waals surface area contributed by atoms with Gasteiger partial charge in [0.15, 0.2) is 5.82 Å². The number of rotatable bonds is 5. The van der Waals surface area contributed by atoms with Crippen molar-refractivity contribution in [1.29, 1.82) is 0 Å². The van der Waals surface area contributed by atoms with Gasteiger partial charge in [-0.2, -0.15) is 0 Å². The molecule has 2 aromatic rings. The standard InChI is InChI=1S/C13H14Cl2N4O2/c1-8(2)7-18-12(6-14)16-17-13(18)10-4-3-9(15)5-11(10)19(20)21/h3-5,8H,6-7H2,1-2H3. The molecule has 6 nitrogen and oxygen atoms in total. The molecule has 0 bridgehead atoms. The van der Waals surface area contributed by atoms with Crippen molar-refractivity contribution in [2.75, 3.05) is 0 Å². The maximum Gasteiger partial charge on any atom is 0.281 e. The molecule has 0 fully saturated rings. The molecule has 1 heterocycles. The van der Waals surface area contributed by atoms with Crippen molar-refractivity contribution in [3.63, 3.8) is 0 Å². The maximum atomic E-state index is 11.2. The van der Waals surface area contributed by atoms with Crippen LogP contribution >= 0.6 is 23.2 Å². The van der Waals surface area contributed by atoms with E-state index in [4.69, 9.17) is 23.2 Å². The Morgan fingerprint density at radius 1 is 1.38 bits per heavy atom. The van der Waals surface area contributed by atoms with Gasteiger partial charge in [0.25, 0.3) is 5.69 Å². The number of nitrogens with zero attached hydrogens (tertiary/aromatic N) is 4. The fraction of sp³-hybridized carbons (Fsp3) is 0.385. The molecule has 0 saturated heterocycles. The molecule has 21 heavy (non-hydrogen) atoms. The van der Waals surface area contributed by atoms with Gasteiger partial charge in [-0.25, -0.2) is 0 Å². The number of hydrogen-bond acceptors (Lipinski definition) is 4. The van der Waals surface area contributed by atoms with Crippen molar-refractivity contribution in [2.24, 2.45) is 5.92 Å². The number of halogens is 2. The third-order valence-electron chi connectivity index (χ3n) is 2.89. The molecule has 1 aromatic heterocycles. The van der Waals surface area contributed by atoms with Crippen molar-refractivity contribution in [3.8, 4) is 11.4 Å². The summed E-state index contributed by atoms with van der Waals surface area (Å²) >= 11 is 11.7. The van der Waals surface area contributed by atoms with Gasteiger partial charge >= 0.3 is 0 Å². The topological polar surface area (TPSA) is 73.8 Å². The van der Waals surface area contributed by atoms with Gasteiger partial charge in [0.1, 0.15) is 5.82 Å². The molecular formula is C13H14Cl2N4O2. The smallest absolute Gasteiger partial charge is 0.281 e. The molecule has 0 N–H and O–H groups in total. The first kappa shape index (κ1) is 15.7. The highest BCUT2D eigenvalue weighted by molar-refractivity contribution is 6.30. The van der Waals surface area contributed by atoms with Crippen LogP contribution in [0, 0.1) is 16.0 Å². The monoisotopic (exact) mass is 328 g/mol. The molecular weight excluding hydrogens is 315 g/mol. The quantitative estimate of drug-likeness (QED) is 0.474. The summed E-state index contributed by atoms with van der Waals surface area (Å²) in [6.07, 6.45) is 0. The molecule has 112 valence electrons. The number of nitro groups is 1. The lowest BCUT2D eigenvalue weighted by molar-refractivity contribution is -0.384. The van der Waals surface area contributed by atoms with Gasteiger partial charge in [-0.3, -0.25) is 10.1 Å². The minimum Gasteiger partial charge on any atom is -0.310 e. The molecule has 0 aliphatic rings. The fourth-order valence-electron chi connectivity index (χ4n) is 2.04. The third kappa shape index (κ3) is 3.33. The van der Waals surface area contributed by atoms with Crippen molar-refractivity contribution >= 4 is 28.9 Å². The van der Waals surface area contributed by atoms with Crippen molar-refractivity contribution in [3.05, 3.63) is 39.2 Å². The molecule has 0 aliphatic heterocycles. The molecule has 0 amide bonds. The zero-order valence-corrected chi connectivity index (χ0v) is 13.1. The molecule has 0 unspecified atom stereocenters. The highest BCUT2D eigenvalue weighted by Gasteiger charge is 2.22. The van der Waals surface area contributed by atoms with E-state index in [0.717, 1.165) is 0 Å². The van der Waals surface area contributed by atoms with Crippen LogP contribution in [0.25, 0.3) is 11.4 Å². The summed E-state index contributed by atoms with van der Waals surface area (Å²) in [6.45, 7) is 4.71. The zero-order chi connectivity index (χ0) is 15.6. The Hall–Kier alpha value is -1.66. The van der Waals surface area contributed by atoms with E-state index in [0.29, 0.717) is 34.7 Å². The second-order valence-electron chi connectivity index (χ2n) is 5.00. The third-order valence-corrected chi connectivity index (χ3v) is 3.37. The Labute approximate surface area is 131 Å². The van der Waals surface area contributed by atoms with Crippen LogP contribution in [0.5, 0.6) is 0 Å². The van der Waals surface area contributed by atoms with Gasteiger partial charge in [-0.05, 0) is 18.1 Å². The van der Waals surface area contributed by atoms with Crippen LogP contribution in [-0.2, 0) is 12.4 Å². The summed E-state index contributed by atoms with van der Waals surface area (Å²) in [4.78, 5) is 10.7. The van der Waals surface area contributed by atoms with E-state index in [2.05, 4.69) is 10.2 Å². The number of nitro benzene ring substituents is 1. The molecule has 8 heteroatoms. The van der Waals surface area contributed by atoms with Gasteiger partial charge in [0, 0.05) is 17.6 Å². The minimum atomic E-state index is -0.476. The molecule has 0 radical (unpaired) electrons. The Morgan fingerprint density at radius 3 is 2.67 bits per heavy atom. The Balaban J connectivity index is 2.62. The van der Waals surface area contributed by atoms with Gasteiger partial charge < -0.3 is 4.57 Å². The second kappa shape index (κ2) is 6.41. The normalized spacial score (nSPS) is 11.1. The highest BCUT2D eigenvalue weighted by atomic mass is 35.5. The van der Waals surface area contributed by atoms with Crippen LogP contribution in [-0.4, -0.2) is 19.7 Å². The predicted octanol–water partition coefficient (Wildman–Crippen LogP) is 3.90. The van der Waals surface area contributed by atoms with Crippen LogP contribution in [0.4, 0.5) is 5.69 Å². The second-order valence-corrected chi connectivity index (χ2v) is 5.70. The number of alkyl halides is 1. The van der Waals surface area contributed by atoms with E-state index in [1.54, 1.807) is 12.1 Å². The first-order valence-electron chi connectivity index (χ1n) is 6.36. The van der Waals surface area contributed by atoms with E-state index in [1.807, 2.05) is 18.4 Å². The number of hydrogen-bond donors (Lipinski definition) is 0. The highest BCUT2D eigenvalue weighted by Crippen LogP contribution is 2.32. The number of benzene rings is 1. The molecule has 1 aromatic carbocycles. The van der Waals surface area contributed by atoms with Gasteiger partial charge in [0.05, 0.1) is 16.4 Å².